The molecule has 3 N–H and O–H groups in total. The van der Waals surface area contributed by atoms with Gasteiger partial charge in [0.05, 0.1) is 6.61 Å². The summed E-state index contributed by atoms with van der Waals surface area (Å²) in [6.45, 7) is 1.97. The highest BCUT2D eigenvalue weighted by molar-refractivity contribution is 6.43. The van der Waals surface area contributed by atoms with Gasteiger partial charge in [0, 0.05) is 10.7 Å². The smallest absolute Gasteiger partial charge is 0.349 e. The van der Waals surface area contributed by atoms with Crippen LogP contribution in [0.1, 0.15) is 12.5 Å². The van der Waals surface area contributed by atoms with Gasteiger partial charge in [-0.25, -0.2) is 4.79 Å². The van der Waals surface area contributed by atoms with Gasteiger partial charge in [0.2, 0.25) is 0 Å². The first-order valence-corrected chi connectivity index (χ1v) is 5.64. The van der Waals surface area contributed by atoms with Gasteiger partial charge in [-0.15, -0.1) is 0 Å². The van der Waals surface area contributed by atoms with Gasteiger partial charge in [0.1, 0.15) is 5.03 Å². The quantitative estimate of drug-likeness (QED) is 0.384. The normalized spacial score (nSPS) is 11.2. The maximum Gasteiger partial charge on any atom is 0.349 e. The molecule has 4 nitrogen and oxygen atoms in total. The molecule has 0 aliphatic heterocycles. The van der Waals surface area contributed by atoms with Gasteiger partial charge in [-0.2, -0.15) is 0 Å². The molecule has 1 aromatic carbocycles. The molecule has 0 aromatic heterocycles. The van der Waals surface area contributed by atoms with Crippen molar-refractivity contribution in [1.82, 2.24) is 0 Å². The third kappa shape index (κ3) is 3.93. The van der Waals surface area contributed by atoms with Crippen LogP contribution in [0.15, 0.2) is 23.2 Å². The predicted molar refractivity (Wildman–Crippen MR) is 69.7 cm³/mol. The summed E-state index contributed by atoms with van der Waals surface area (Å²) in [6, 6.07) is 5.03. The Hall–Kier alpha value is -1.23. The molecule has 0 aliphatic carbocycles. The number of rotatable bonds is 4. The van der Waals surface area contributed by atoms with Crippen LogP contribution >= 0.6 is 23.2 Å². The van der Waals surface area contributed by atoms with Crippen LogP contribution < -0.4 is 11.3 Å². The molecular weight excluding hydrogens is 263 g/mol. The average molecular weight is 275 g/mol. The number of nitrogens with two attached hydrogens (primary N) is 1. The largest absolute Gasteiger partial charge is 0.462 e. The van der Waals surface area contributed by atoms with Gasteiger partial charge in [0.25, 0.3) is 0 Å². The summed E-state index contributed by atoms with van der Waals surface area (Å²) in [7, 11) is 0. The number of halogens is 2. The van der Waals surface area contributed by atoms with Crippen LogP contribution in [0.3, 0.4) is 0 Å². The molecule has 0 fully saturated rings. The molecule has 1 aromatic rings. The number of carbonyl (C=O) groups is 1. The number of benzene rings is 1. The van der Waals surface area contributed by atoms with E-state index in [-0.39, 0.29) is 11.6 Å². The van der Waals surface area contributed by atoms with Crippen LogP contribution in [0.4, 0.5) is 5.69 Å². The van der Waals surface area contributed by atoms with E-state index >= 15 is 0 Å². The number of esters is 1. The van der Waals surface area contributed by atoms with Crippen LogP contribution in [-0.4, -0.2) is 12.6 Å². The molecule has 0 radical (unpaired) electrons. The second kappa shape index (κ2) is 6.49. The molecule has 0 saturated heterocycles. The van der Waals surface area contributed by atoms with Gasteiger partial charge in [0.15, 0.2) is 0 Å². The summed E-state index contributed by atoms with van der Waals surface area (Å²) in [6.07, 6.45) is 1.43. The van der Waals surface area contributed by atoms with E-state index in [1.54, 1.807) is 25.1 Å². The van der Waals surface area contributed by atoms with Crippen molar-refractivity contribution in [3.05, 3.63) is 33.8 Å². The Morgan fingerprint density at radius 3 is 2.88 bits per heavy atom. The molecule has 6 heteroatoms. The lowest BCUT2D eigenvalue weighted by atomic mass is 10.2. The first-order valence-electron chi connectivity index (χ1n) is 4.89. The topological polar surface area (TPSA) is 64.3 Å². The summed E-state index contributed by atoms with van der Waals surface area (Å²) in [5.41, 5.74) is 3.72. The van der Waals surface area contributed by atoms with Crippen LogP contribution in [-0.2, 0) is 9.53 Å². The van der Waals surface area contributed by atoms with Crippen LogP contribution in [0.5, 0.6) is 0 Å². The molecule has 0 spiro atoms. The van der Waals surface area contributed by atoms with Crippen LogP contribution in [0.2, 0.25) is 5.02 Å². The maximum absolute atomic E-state index is 11.3. The van der Waals surface area contributed by atoms with Gasteiger partial charge < -0.3 is 10.2 Å². The predicted octanol–water partition coefficient (Wildman–Crippen LogP) is 2.77. The number of nitrogens with one attached hydrogen (secondary N) is 1. The van der Waals surface area contributed by atoms with E-state index < -0.39 is 5.97 Å². The first-order chi connectivity index (χ1) is 8.08. The molecule has 0 atom stereocenters. The Kier molecular flexibility index (Phi) is 5.28. The summed E-state index contributed by atoms with van der Waals surface area (Å²) >= 11 is 11.7. The number of anilines is 1. The Morgan fingerprint density at radius 1 is 1.59 bits per heavy atom. The highest BCUT2D eigenvalue weighted by Crippen LogP contribution is 2.23. The van der Waals surface area contributed by atoms with Crippen molar-refractivity contribution >= 4 is 40.9 Å². The monoisotopic (exact) mass is 274 g/mol. The average Bonchev–Trinajstić information content (AvgIpc) is 2.32. The van der Waals surface area contributed by atoms with E-state index in [1.165, 1.54) is 6.08 Å². The van der Waals surface area contributed by atoms with Gasteiger partial charge >= 0.3 is 5.97 Å². The highest BCUT2D eigenvalue weighted by atomic mass is 35.5. The summed E-state index contributed by atoms with van der Waals surface area (Å²) in [5, 5.41) is 0.425. The van der Waals surface area contributed by atoms with Gasteiger partial charge in [-0.05, 0) is 36.8 Å². The number of ether oxygens (including phenoxy) is 1. The molecule has 0 unspecified atom stereocenters. The number of nitrogen functional groups attached to an aromatic ring is 1. The van der Waals surface area contributed by atoms with Crippen molar-refractivity contribution in [3.63, 3.8) is 0 Å². The minimum absolute atomic E-state index is 0.0390. The first kappa shape index (κ1) is 13.8. The van der Waals surface area contributed by atoms with E-state index in [0.29, 0.717) is 16.3 Å². The SMILES string of the molecule is CCOC(=O)C(Cl)=Cc1cc(NN)ccc1Cl. The summed E-state index contributed by atoms with van der Waals surface area (Å²) < 4.78 is 4.75. The number of carbonyl (C=O) groups excluding carboxylic acids is 1. The minimum Gasteiger partial charge on any atom is -0.462 e. The van der Waals surface area contributed by atoms with Crippen LogP contribution in [0.25, 0.3) is 6.08 Å². The van der Waals surface area contributed by atoms with E-state index in [4.69, 9.17) is 33.8 Å². The lowest BCUT2D eigenvalue weighted by Crippen LogP contribution is -2.06. The zero-order valence-corrected chi connectivity index (χ0v) is 10.7. The second-order valence-electron chi connectivity index (χ2n) is 3.09. The van der Waals surface area contributed by atoms with Crippen molar-refractivity contribution in [2.24, 2.45) is 5.84 Å². The molecule has 0 saturated carbocycles. The van der Waals surface area contributed by atoms with Gasteiger partial charge in [-0.1, -0.05) is 23.2 Å². The Morgan fingerprint density at radius 2 is 2.29 bits per heavy atom. The lowest BCUT2D eigenvalue weighted by molar-refractivity contribution is -0.137. The highest BCUT2D eigenvalue weighted by Gasteiger charge is 2.08. The summed E-state index contributed by atoms with van der Waals surface area (Å²) in [5.74, 6) is 4.68. The Labute approximate surface area is 109 Å². The molecule has 0 aliphatic rings. The van der Waals surface area contributed by atoms with Crippen molar-refractivity contribution in [1.29, 1.82) is 0 Å². The third-order valence-corrected chi connectivity index (χ3v) is 2.52. The molecule has 92 valence electrons. The molecule has 1 rings (SSSR count). The van der Waals surface area contributed by atoms with E-state index in [9.17, 15) is 4.79 Å². The zero-order valence-electron chi connectivity index (χ0n) is 9.17. The summed E-state index contributed by atoms with van der Waals surface area (Å²) in [4.78, 5) is 11.3. The van der Waals surface area contributed by atoms with Crippen molar-refractivity contribution in [2.75, 3.05) is 12.0 Å². The third-order valence-electron chi connectivity index (χ3n) is 1.92. The van der Waals surface area contributed by atoms with Gasteiger partial charge in [-0.3, -0.25) is 5.84 Å². The number of hydrazine groups is 1. The molecular formula is C11H12Cl2N2O2. The molecule has 17 heavy (non-hydrogen) atoms. The molecule has 0 amide bonds. The number of hydrogen-bond acceptors (Lipinski definition) is 4. The fraction of sp³-hybridized carbons (Fsp3) is 0.182. The van der Waals surface area contributed by atoms with E-state index in [0.717, 1.165) is 0 Å². The second-order valence-corrected chi connectivity index (χ2v) is 3.91. The number of hydrogen-bond donors (Lipinski definition) is 2. The fourth-order valence-corrected chi connectivity index (χ4v) is 1.48. The van der Waals surface area contributed by atoms with Crippen molar-refractivity contribution in [3.8, 4) is 0 Å². The van der Waals surface area contributed by atoms with Crippen LogP contribution in [0, 0.1) is 0 Å². The molecule has 0 heterocycles. The minimum atomic E-state index is -0.587. The standard InChI is InChI=1S/C11H12Cl2N2O2/c1-2-17-11(16)10(13)6-7-5-8(15-14)3-4-9(7)12/h3-6,15H,2,14H2,1H3. The maximum atomic E-state index is 11.3. The fourth-order valence-electron chi connectivity index (χ4n) is 1.14. The Bertz CT molecular complexity index is 447. The molecule has 0 bridgehead atoms. The van der Waals surface area contributed by atoms with E-state index in [2.05, 4.69) is 5.43 Å². The zero-order chi connectivity index (χ0) is 12.8. The van der Waals surface area contributed by atoms with E-state index in [1.807, 2.05) is 0 Å². The van der Waals surface area contributed by atoms with Crippen molar-refractivity contribution < 1.29 is 9.53 Å². The van der Waals surface area contributed by atoms with Crippen molar-refractivity contribution in [2.45, 2.75) is 6.92 Å². The lowest BCUT2D eigenvalue weighted by Gasteiger charge is -2.04. The Balaban J connectivity index is 3.00.